The lowest BCUT2D eigenvalue weighted by Gasteiger charge is -2.28. The number of carbonyl (C=O) groups is 1. The van der Waals surface area contributed by atoms with Gasteiger partial charge in [0.05, 0.1) is 6.54 Å². The van der Waals surface area contributed by atoms with E-state index in [-0.39, 0.29) is 5.91 Å². The van der Waals surface area contributed by atoms with Gasteiger partial charge in [0.1, 0.15) is 12.4 Å². The van der Waals surface area contributed by atoms with Crippen LogP contribution >= 0.6 is 0 Å². The Balaban J connectivity index is 1.27. The Labute approximate surface area is 165 Å². The number of carbonyl (C=O) groups excluding carboxylic acids is 1. The van der Waals surface area contributed by atoms with Gasteiger partial charge in [0, 0.05) is 18.8 Å². The highest BCUT2D eigenvalue weighted by Gasteiger charge is 2.18. The standard InChI is InChI=1S/C24H24N2O2/c27-24(17-26-15-14-20-8-4-5-9-21(20)16-26)25-22-10-12-23(13-11-22)28-18-19-6-2-1-3-7-19/h1-13H,14-18H2,(H,25,27). The molecule has 1 aliphatic heterocycles. The van der Waals surface area contributed by atoms with Crippen molar-refractivity contribution < 1.29 is 9.53 Å². The molecular weight excluding hydrogens is 348 g/mol. The first-order chi connectivity index (χ1) is 13.8. The molecule has 0 aromatic heterocycles. The Kier molecular flexibility index (Phi) is 5.69. The second-order valence-electron chi connectivity index (χ2n) is 7.08. The molecule has 3 aromatic carbocycles. The third kappa shape index (κ3) is 4.78. The zero-order valence-electron chi connectivity index (χ0n) is 15.8. The van der Waals surface area contributed by atoms with Gasteiger partial charge in [-0.2, -0.15) is 0 Å². The van der Waals surface area contributed by atoms with Crippen LogP contribution in [0.3, 0.4) is 0 Å². The van der Waals surface area contributed by atoms with Gasteiger partial charge in [-0.05, 0) is 47.4 Å². The number of nitrogens with zero attached hydrogens (tertiary/aromatic N) is 1. The molecule has 0 saturated heterocycles. The van der Waals surface area contributed by atoms with Crippen LogP contribution in [0, 0.1) is 0 Å². The van der Waals surface area contributed by atoms with Crippen molar-refractivity contribution in [3.8, 4) is 5.75 Å². The van der Waals surface area contributed by atoms with E-state index in [9.17, 15) is 4.79 Å². The van der Waals surface area contributed by atoms with Crippen LogP contribution in [0.25, 0.3) is 0 Å². The normalized spacial score (nSPS) is 13.6. The van der Waals surface area contributed by atoms with Crippen molar-refractivity contribution in [1.29, 1.82) is 0 Å². The molecule has 0 aliphatic carbocycles. The quantitative estimate of drug-likeness (QED) is 0.703. The van der Waals surface area contributed by atoms with Crippen molar-refractivity contribution in [1.82, 2.24) is 4.90 Å². The van der Waals surface area contributed by atoms with Crippen molar-refractivity contribution in [2.75, 3.05) is 18.4 Å². The first kappa shape index (κ1) is 18.3. The van der Waals surface area contributed by atoms with Crippen LogP contribution in [-0.2, 0) is 24.4 Å². The average molecular weight is 372 g/mol. The fraction of sp³-hybridized carbons (Fsp3) is 0.208. The molecule has 142 valence electrons. The van der Waals surface area contributed by atoms with E-state index >= 15 is 0 Å². The van der Waals surface area contributed by atoms with Crippen LogP contribution in [0.2, 0.25) is 0 Å². The molecule has 4 rings (SSSR count). The van der Waals surface area contributed by atoms with Crippen molar-refractivity contribution >= 4 is 11.6 Å². The lowest BCUT2D eigenvalue weighted by Crippen LogP contribution is -2.37. The average Bonchev–Trinajstić information content (AvgIpc) is 2.74. The Morgan fingerprint density at radius 1 is 0.893 bits per heavy atom. The summed E-state index contributed by atoms with van der Waals surface area (Å²) >= 11 is 0. The van der Waals surface area contributed by atoms with Gasteiger partial charge in [0.25, 0.3) is 0 Å². The zero-order valence-corrected chi connectivity index (χ0v) is 15.8. The number of rotatable bonds is 6. The van der Waals surface area contributed by atoms with Crippen LogP contribution in [0.1, 0.15) is 16.7 Å². The number of nitrogens with one attached hydrogen (secondary N) is 1. The number of hydrogen-bond donors (Lipinski definition) is 1. The van der Waals surface area contributed by atoms with E-state index in [1.807, 2.05) is 54.6 Å². The fourth-order valence-corrected chi connectivity index (χ4v) is 3.47. The molecule has 1 aliphatic rings. The van der Waals surface area contributed by atoms with Gasteiger partial charge >= 0.3 is 0 Å². The van der Waals surface area contributed by atoms with Gasteiger partial charge in [0.15, 0.2) is 0 Å². The summed E-state index contributed by atoms with van der Waals surface area (Å²) in [5.41, 5.74) is 4.63. The first-order valence-electron chi connectivity index (χ1n) is 9.62. The molecule has 1 N–H and O–H groups in total. The Morgan fingerprint density at radius 2 is 1.61 bits per heavy atom. The maximum absolute atomic E-state index is 12.4. The second-order valence-corrected chi connectivity index (χ2v) is 7.08. The monoisotopic (exact) mass is 372 g/mol. The predicted molar refractivity (Wildman–Crippen MR) is 111 cm³/mol. The van der Waals surface area contributed by atoms with E-state index in [2.05, 4.69) is 34.5 Å². The molecule has 4 heteroatoms. The van der Waals surface area contributed by atoms with E-state index < -0.39 is 0 Å². The highest BCUT2D eigenvalue weighted by Crippen LogP contribution is 2.19. The van der Waals surface area contributed by atoms with Crippen LogP contribution < -0.4 is 10.1 Å². The summed E-state index contributed by atoms with van der Waals surface area (Å²) in [5, 5.41) is 2.98. The van der Waals surface area contributed by atoms with E-state index in [0.717, 1.165) is 36.5 Å². The molecular formula is C24H24N2O2. The van der Waals surface area contributed by atoms with Crippen molar-refractivity contribution in [2.45, 2.75) is 19.6 Å². The van der Waals surface area contributed by atoms with E-state index in [1.54, 1.807) is 0 Å². The summed E-state index contributed by atoms with van der Waals surface area (Å²) in [5.74, 6) is 0.798. The lowest BCUT2D eigenvalue weighted by atomic mass is 10.00. The maximum atomic E-state index is 12.4. The third-order valence-corrected chi connectivity index (χ3v) is 4.96. The number of anilines is 1. The Bertz CT molecular complexity index is 923. The smallest absolute Gasteiger partial charge is 0.238 e. The Morgan fingerprint density at radius 3 is 2.39 bits per heavy atom. The number of hydrogen-bond acceptors (Lipinski definition) is 3. The summed E-state index contributed by atoms with van der Waals surface area (Å²) in [6.45, 7) is 2.68. The third-order valence-electron chi connectivity index (χ3n) is 4.96. The van der Waals surface area contributed by atoms with Gasteiger partial charge in [-0.3, -0.25) is 9.69 Å². The molecule has 0 fully saturated rings. The topological polar surface area (TPSA) is 41.6 Å². The maximum Gasteiger partial charge on any atom is 0.238 e. The zero-order chi connectivity index (χ0) is 19.2. The molecule has 0 atom stereocenters. The minimum atomic E-state index is 0.0114. The van der Waals surface area contributed by atoms with Gasteiger partial charge in [0.2, 0.25) is 5.91 Å². The van der Waals surface area contributed by atoms with Crippen molar-refractivity contribution in [3.63, 3.8) is 0 Å². The lowest BCUT2D eigenvalue weighted by molar-refractivity contribution is -0.117. The van der Waals surface area contributed by atoms with Crippen LogP contribution in [0.4, 0.5) is 5.69 Å². The summed E-state index contributed by atoms with van der Waals surface area (Å²) in [7, 11) is 0. The molecule has 3 aromatic rings. The first-order valence-corrected chi connectivity index (χ1v) is 9.62. The molecule has 0 bridgehead atoms. The van der Waals surface area contributed by atoms with Gasteiger partial charge in [-0.15, -0.1) is 0 Å². The molecule has 0 saturated carbocycles. The number of ether oxygens (including phenoxy) is 1. The number of amides is 1. The highest BCUT2D eigenvalue weighted by molar-refractivity contribution is 5.92. The van der Waals surface area contributed by atoms with Crippen LogP contribution in [0.15, 0.2) is 78.9 Å². The van der Waals surface area contributed by atoms with E-state index in [4.69, 9.17) is 4.74 Å². The van der Waals surface area contributed by atoms with E-state index in [1.165, 1.54) is 11.1 Å². The molecule has 0 unspecified atom stereocenters. The highest BCUT2D eigenvalue weighted by atomic mass is 16.5. The summed E-state index contributed by atoms with van der Waals surface area (Å²) < 4.78 is 5.79. The predicted octanol–water partition coefficient (Wildman–Crippen LogP) is 4.26. The molecule has 28 heavy (non-hydrogen) atoms. The Hall–Kier alpha value is -3.11. The largest absolute Gasteiger partial charge is 0.489 e. The van der Waals surface area contributed by atoms with Gasteiger partial charge in [-0.1, -0.05) is 54.6 Å². The summed E-state index contributed by atoms with van der Waals surface area (Å²) in [4.78, 5) is 14.6. The second kappa shape index (κ2) is 8.72. The van der Waals surface area contributed by atoms with Gasteiger partial charge < -0.3 is 10.1 Å². The molecule has 1 amide bonds. The van der Waals surface area contributed by atoms with Crippen molar-refractivity contribution in [3.05, 3.63) is 95.6 Å². The minimum Gasteiger partial charge on any atom is -0.489 e. The molecule has 0 radical (unpaired) electrons. The van der Waals surface area contributed by atoms with Crippen LogP contribution in [-0.4, -0.2) is 23.9 Å². The van der Waals surface area contributed by atoms with Crippen LogP contribution in [0.5, 0.6) is 5.75 Å². The van der Waals surface area contributed by atoms with Gasteiger partial charge in [-0.25, -0.2) is 0 Å². The number of benzene rings is 3. The fourth-order valence-electron chi connectivity index (χ4n) is 3.47. The van der Waals surface area contributed by atoms with Crippen molar-refractivity contribution in [2.24, 2.45) is 0 Å². The summed E-state index contributed by atoms with van der Waals surface area (Å²) in [6, 6.07) is 26.0. The molecule has 0 spiro atoms. The number of fused-ring (bicyclic) bond motifs is 1. The SMILES string of the molecule is O=C(CN1CCc2ccccc2C1)Nc1ccc(OCc2ccccc2)cc1. The minimum absolute atomic E-state index is 0.0114. The van der Waals surface area contributed by atoms with E-state index in [0.29, 0.717) is 13.2 Å². The molecule has 4 nitrogen and oxygen atoms in total. The summed E-state index contributed by atoms with van der Waals surface area (Å²) in [6.07, 6.45) is 0.997. The molecule has 1 heterocycles.